The molecule has 102 valence electrons. The largest absolute Gasteiger partial charge is 0.508 e. The summed E-state index contributed by atoms with van der Waals surface area (Å²) in [5.74, 6) is 0.346. The lowest BCUT2D eigenvalue weighted by Crippen LogP contribution is -2.07. The molecule has 1 aliphatic rings. The van der Waals surface area contributed by atoms with Crippen molar-refractivity contribution in [2.45, 2.75) is 12.6 Å². The van der Waals surface area contributed by atoms with Crippen molar-refractivity contribution in [3.8, 4) is 5.75 Å². The van der Waals surface area contributed by atoms with E-state index < -0.39 is 7.37 Å². The quantitative estimate of drug-likeness (QED) is 0.740. The van der Waals surface area contributed by atoms with Crippen LogP contribution in [0.15, 0.2) is 48.3 Å². The SMILES string of the molecule is O=P(O)(Cc1ccc(O)cc1)C[C@@H]1C=CC(O)=CC1. The molecule has 1 aromatic rings. The van der Waals surface area contributed by atoms with Gasteiger partial charge in [0, 0.05) is 12.3 Å². The van der Waals surface area contributed by atoms with E-state index in [1.807, 2.05) is 0 Å². The lowest BCUT2D eigenvalue weighted by atomic mass is 10.0. The summed E-state index contributed by atoms with van der Waals surface area (Å²) < 4.78 is 12.2. The minimum atomic E-state index is -3.26. The van der Waals surface area contributed by atoms with Crippen molar-refractivity contribution in [3.05, 3.63) is 53.8 Å². The first-order valence-electron chi connectivity index (χ1n) is 6.11. The molecule has 5 heteroatoms. The molecule has 1 aliphatic carbocycles. The Hall–Kier alpha value is -1.51. The number of hydrogen-bond donors (Lipinski definition) is 3. The van der Waals surface area contributed by atoms with Crippen molar-refractivity contribution in [1.29, 1.82) is 0 Å². The summed E-state index contributed by atoms with van der Waals surface area (Å²) in [5, 5.41) is 18.4. The first-order valence-corrected chi connectivity index (χ1v) is 8.14. The van der Waals surface area contributed by atoms with Crippen LogP contribution in [0.25, 0.3) is 0 Å². The average Bonchev–Trinajstić information content (AvgIpc) is 2.34. The number of aliphatic hydroxyl groups excluding tert-OH is 1. The summed E-state index contributed by atoms with van der Waals surface area (Å²) in [4.78, 5) is 10.0. The molecule has 2 atom stereocenters. The fraction of sp³-hybridized carbons (Fsp3) is 0.286. The number of phenols is 1. The van der Waals surface area contributed by atoms with Crippen molar-refractivity contribution in [1.82, 2.24) is 0 Å². The molecule has 0 bridgehead atoms. The van der Waals surface area contributed by atoms with Gasteiger partial charge < -0.3 is 15.1 Å². The highest BCUT2D eigenvalue weighted by Gasteiger charge is 2.24. The van der Waals surface area contributed by atoms with Crippen LogP contribution in [0.4, 0.5) is 0 Å². The zero-order valence-electron chi connectivity index (χ0n) is 10.4. The van der Waals surface area contributed by atoms with Gasteiger partial charge in [0.15, 0.2) is 0 Å². The second kappa shape index (κ2) is 5.64. The van der Waals surface area contributed by atoms with Gasteiger partial charge in [-0.15, -0.1) is 0 Å². The monoisotopic (exact) mass is 280 g/mol. The van der Waals surface area contributed by atoms with E-state index in [0.29, 0.717) is 6.42 Å². The van der Waals surface area contributed by atoms with E-state index in [1.54, 1.807) is 30.4 Å². The van der Waals surface area contributed by atoms with Gasteiger partial charge in [-0.25, -0.2) is 0 Å². The summed E-state index contributed by atoms with van der Waals surface area (Å²) in [6, 6.07) is 6.33. The maximum atomic E-state index is 12.2. The standard InChI is InChI=1S/C14H17O4P/c15-13-5-1-11(2-6-13)9-19(17,18)10-12-3-7-14(16)8-4-12/h1-3,5-8,12,15-16H,4,9-10H2,(H,17,18)/t12-/m1/s1. The second-order valence-electron chi connectivity index (χ2n) is 4.84. The third-order valence-corrected chi connectivity index (χ3v) is 4.95. The molecule has 0 aliphatic heterocycles. The molecule has 0 aromatic heterocycles. The van der Waals surface area contributed by atoms with Crippen molar-refractivity contribution >= 4 is 7.37 Å². The lowest BCUT2D eigenvalue weighted by Gasteiger charge is -2.18. The maximum absolute atomic E-state index is 12.2. The molecule has 0 saturated heterocycles. The molecule has 0 saturated carbocycles. The van der Waals surface area contributed by atoms with Gasteiger partial charge in [-0.2, -0.15) is 0 Å². The van der Waals surface area contributed by atoms with E-state index in [-0.39, 0.29) is 29.8 Å². The summed E-state index contributed by atoms with van der Waals surface area (Å²) in [7, 11) is -3.26. The molecule has 0 amide bonds. The topological polar surface area (TPSA) is 77.8 Å². The molecule has 0 heterocycles. The van der Waals surface area contributed by atoms with Gasteiger partial charge in [0.1, 0.15) is 11.5 Å². The Bertz CT molecular complexity index is 545. The molecule has 2 rings (SSSR count). The van der Waals surface area contributed by atoms with Crippen molar-refractivity contribution in [2.75, 3.05) is 6.16 Å². The maximum Gasteiger partial charge on any atom is 0.205 e. The molecule has 0 spiro atoms. The molecule has 1 aromatic carbocycles. The molecule has 0 fully saturated rings. The zero-order chi connectivity index (χ0) is 13.9. The van der Waals surface area contributed by atoms with Crippen LogP contribution in [0.5, 0.6) is 5.75 Å². The van der Waals surface area contributed by atoms with Gasteiger partial charge >= 0.3 is 0 Å². The van der Waals surface area contributed by atoms with Gasteiger partial charge in [-0.05, 0) is 42.2 Å². The van der Waals surface area contributed by atoms with E-state index in [2.05, 4.69) is 0 Å². The van der Waals surface area contributed by atoms with Crippen molar-refractivity contribution in [2.24, 2.45) is 5.92 Å². The first-order chi connectivity index (χ1) is 8.94. The van der Waals surface area contributed by atoms with Crippen LogP contribution in [-0.4, -0.2) is 21.3 Å². The number of aliphatic hydroxyl groups is 1. The smallest absolute Gasteiger partial charge is 0.205 e. The number of hydrogen-bond acceptors (Lipinski definition) is 3. The van der Waals surface area contributed by atoms with Crippen LogP contribution in [0.2, 0.25) is 0 Å². The van der Waals surface area contributed by atoms with Crippen molar-refractivity contribution in [3.63, 3.8) is 0 Å². The third-order valence-electron chi connectivity index (χ3n) is 3.05. The number of rotatable bonds is 4. The predicted molar refractivity (Wildman–Crippen MR) is 74.5 cm³/mol. The minimum Gasteiger partial charge on any atom is -0.508 e. The highest BCUT2D eigenvalue weighted by atomic mass is 31.2. The summed E-state index contributed by atoms with van der Waals surface area (Å²) in [6.45, 7) is 0. The normalized spacial score (nSPS) is 21.7. The Labute approximate surface area is 112 Å². The van der Waals surface area contributed by atoms with E-state index in [0.717, 1.165) is 5.56 Å². The van der Waals surface area contributed by atoms with Crippen LogP contribution in [-0.2, 0) is 10.7 Å². The fourth-order valence-corrected chi connectivity index (χ4v) is 4.02. The van der Waals surface area contributed by atoms with Gasteiger partial charge in [0.05, 0.1) is 0 Å². The highest BCUT2D eigenvalue weighted by molar-refractivity contribution is 7.57. The van der Waals surface area contributed by atoms with Crippen LogP contribution in [0.1, 0.15) is 12.0 Å². The summed E-state index contributed by atoms with van der Waals surface area (Å²) in [5.41, 5.74) is 0.738. The molecule has 4 nitrogen and oxygen atoms in total. The van der Waals surface area contributed by atoms with E-state index in [9.17, 15) is 19.7 Å². The van der Waals surface area contributed by atoms with E-state index >= 15 is 0 Å². The number of benzene rings is 1. The van der Waals surface area contributed by atoms with Crippen LogP contribution < -0.4 is 0 Å². The molecule has 1 unspecified atom stereocenters. The van der Waals surface area contributed by atoms with Gasteiger partial charge in [0.2, 0.25) is 7.37 Å². The number of aromatic hydroxyl groups is 1. The summed E-state index contributed by atoms with van der Waals surface area (Å²) >= 11 is 0. The van der Waals surface area contributed by atoms with Gasteiger partial charge in [-0.3, -0.25) is 4.57 Å². The van der Waals surface area contributed by atoms with Gasteiger partial charge in [0.25, 0.3) is 0 Å². The molecule has 0 radical (unpaired) electrons. The van der Waals surface area contributed by atoms with E-state index in [1.165, 1.54) is 12.1 Å². The van der Waals surface area contributed by atoms with Crippen molar-refractivity contribution < 1.29 is 19.7 Å². The molecular formula is C14H17O4P. The Morgan fingerprint density at radius 2 is 1.89 bits per heavy atom. The number of phenolic OH excluding ortho intramolecular Hbond substituents is 1. The van der Waals surface area contributed by atoms with Gasteiger partial charge in [-0.1, -0.05) is 18.2 Å². The Balaban J connectivity index is 1.97. The predicted octanol–water partition coefficient (Wildman–Crippen LogP) is 3.18. The zero-order valence-corrected chi connectivity index (χ0v) is 11.3. The molecular weight excluding hydrogens is 263 g/mol. The summed E-state index contributed by atoms with van der Waals surface area (Å²) in [6.07, 6.45) is 5.89. The molecule has 19 heavy (non-hydrogen) atoms. The average molecular weight is 280 g/mol. The Morgan fingerprint density at radius 1 is 1.21 bits per heavy atom. The lowest BCUT2D eigenvalue weighted by molar-refractivity contribution is 0.420. The van der Waals surface area contributed by atoms with E-state index in [4.69, 9.17) is 0 Å². The van der Waals surface area contributed by atoms with Crippen LogP contribution >= 0.6 is 7.37 Å². The van der Waals surface area contributed by atoms with Crippen LogP contribution in [0.3, 0.4) is 0 Å². The third kappa shape index (κ3) is 4.27. The van der Waals surface area contributed by atoms with Crippen LogP contribution in [0, 0.1) is 5.92 Å². The fourth-order valence-electron chi connectivity index (χ4n) is 2.11. The highest BCUT2D eigenvalue weighted by Crippen LogP contribution is 2.47. The Kier molecular flexibility index (Phi) is 4.13. The Morgan fingerprint density at radius 3 is 2.47 bits per heavy atom. The molecule has 3 N–H and O–H groups in total. The minimum absolute atomic E-state index is 0.0103. The number of allylic oxidation sites excluding steroid dienone is 3. The second-order valence-corrected chi connectivity index (χ2v) is 7.21. The first kappa shape index (κ1) is 13.9.